The number of nitrogens with zero attached hydrogens (tertiary/aromatic N) is 2. The fraction of sp³-hybridized carbons (Fsp3) is 0.200. The number of fused-ring (bicyclic) bond motifs is 1. The Kier molecular flexibility index (Phi) is 5.19. The Hall–Kier alpha value is -3.19. The van der Waals surface area contributed by atoms with Crippen LogP contribution in [0.1, 0.15) is 12.5 Å². The molecule has 10 heteroatoms. The molecule has 3 N–H and O–H groups in total. The largest absolute Gasteiger partial charge is 0.456 e. The predicted molar refractivity (Wildman–Crippen MR) is 86.6 cm³/mol. The minimum atomic E-state index is -3.70. The number of aliphatic imine (C=N–C) groups is 1. The summed E-state index contributed by atoms with van der Waals surface area (Å²) >= 11 is 0. The molecule has 25 heavy (non-hydrogen) atoms. The lowest BCUT2D eigenvalue weighted by molar-refractivity contribution is -0.145. The van der Waals surface area contributed by atoms with Crippen molar-refractivity contribution in [1.29, 1.82) is 5.26 Å². The van der Waals surface area contributed by atoms with Crippen LogP contribution in [0.3, 0.4) is 0 Å². The molecular formula is C15H14N4O5S. The summed E-state index contributed by atoms with van der Waals surface area (Å²) in [5.41, 5.74) is 5.47. The number of esters is 1. The fourth-order valence-electron chi connectivity index (χ4n) is 2.03. The lowest BCUT2D eigenvalue weighted by Crippen LogP contribution is -2.24. The number of hydrogen-bond acceptors (Lipinski definition) is 8. The number of nitriles is 1. The van der Waals surface area contributed by atoms with Crippen molar-refractivity contribution in [1.82, 2.24) is 4.72 Å². The summed E-state index contributed by atoms with van der Waals surface area (Å²) in [6, 6.07) is 7.81. The average Bonchev–Trinajstić information content (AvgIpc) is 2.82. The van der Waals surface area contributed by atoms with Gasteiger partial charge in [0.1, 0.15) is 24.0 Å². The molecule has 130 valence electrons. The molecule has 0 saturated heterocycles. The Morgan fingerprint density at radius 1 is 1.36 bits per heavy atom. The Bertz CT molecular complexity index is 937. The van der Waals surface area contributed by atoms with Gasteiger partial charge in [0.15, 0.2) is 6.61 Å². The first-order valence-corrected chi connectivity index (χ1v) is 8.46. The minimum Gasteiger partial charge on any atom is -0.456 e. The number of sulfonamides is 1. The topological polar surface area (TPSA) is 152 Å². The van der Waals surface area contributed by atoms with Crippen LogP contribution in [-0.2, 0) is 24.3 Å². The summed E-state index contributed by atoms with van der Waals surface area (Å²) in [4.78, 5) is 27.3. The first-order chi connectivity index (χ1) is 11.8. The fourth-order valence-corrected chi connectivity index (χ4v) is 3.28. The van der Waals surface area contributed by atoms with E-state index in [0.29, 0.717) is 5.56 Å². The zero-order valence-electron chi connectivity index (χ0n) is 13.1. The third-order valence-electron chi connectivity index (χ3n) is 3.18. The number of carbonyl (C=O) groups is 2. The molecule has 0 saturated carbocycles. The molecule has 0 radical (unpaired) electrons. The monoisotopic (exact) mass is 362 g/mol. The second-order valence-corrected chi connectivity index (χ2v) is 6.67. The third-order valence-corrected chi connectivity index (χ3v) is 4.58. The normalized spacial score (nSPS) is 17.0. The van der Waals surface area contributed by atoms with Gasteiger partial charge in [-0.05, 0) is 19.1 Å². The van der Waals surface area contributed by atoms with Gasteiger partial charge in [-0.15, -0.1) is 0 Å². The zero-order valence-corrected chi connectivity index (χ0v) is 14.0. The molecule has 0 atom stereocenters. The maximum atomic E-state index is 11.9. The molecule has 0 unspecified atom stereocenters. The quantitative estimate of drug-likeness (QED) is 0.410. The molecule has 0 bridgehead atoms. The zero-order chi connectivity index (χ0) is 18.6. The number of nitrogens with two attached hydrogens (primary N) is 1. The van der Waals surface area contributed by atoms with E-state index in [4.69, 9.17) is 15.7 Å². The smallest absolute Gasteiger partial charge is 0.328 e. The first-order valence-electron chi connectivity index (χ1n) is 6.98. The highest BCUT2D eigenvalue weighted by Gasteiger charge is 2.30. The maximum Gasteiger partial charge on any atom is 0.328 e. The van der Waals surface area contributed by atoms with Crippen LogP contribution in [0.15, 0.2) is 45.4 Å². The summed E-state index contributed by atoms with van der Waals surface area (Å²) < 4.78 is 30.8. The highest BCUT2D eigenvalue weighted by atomic mass is 32.2. The second-order valence-electron chi connectivity index (χ2n) is 5.02. The number of Topliss-reactive ketones (excluding diaryl/α,β-unsaturated/α-hetero) is 1. The van der Waals surface area contributed by atoms with E-state index in [2.05, 4.69) is 9.71 Å². The van der Waals surface area contributed by atoms with Crippen LogP contribution >= 0.6 is 0 Å². The molecule has 9 nitrogen and oxygen atoms in total. The SMILES string of the molecule is C/C(N)=C(/C#N)C(=O)COC(=O)CN=C1NS(=O)(=O)c2ccccc21. The van der Waals surface area contributed by atoms with Gasteiger partial charge in [0.2, 0.25) is 5.78 Å². The molecule has 2 rings (SSSR count). The molecule has 0 aliphatic carbocycles. The molecule has 1 heterocycles. The van der Waals surface area contributed by atoms with Crippen molar-refractivity contribution in [2.75, 3.05) is 13.2 Å². The van der Waals surface area contributed by atoms with Crippen molar-refractivity contribution in [2.45, 2.75) is 11.8 Å². The molecule has 0 amide bonds. The molecular weight excluding hydrogens is 348 g/mol. The van der Waals surface area contributed by atoms with Crippen molar-refractivity contribution >= 4 is 27.6 Å². The van der Waals surface area contributed by atoms with Gasteiger partial charge in [-0.25, -0.2) is 8.42 Å². The van der Waals surface area contributed by atoms with E-state index >= 15 is 0 Å². The van der Waals surface area contributed by atoms with Gasteiger partial charge < -0.3 is 10.5 Å². The Morgan fingerprint density at radius 3 is 2.68 bits per heavy atom. The van der Waals surface area contributed by atoms with Crippen molar-refractivity contribution in [3.8, 4) is 6.07 Å². The first kappa shape index (κ1) is 18.2. The molecule has 0 spiro atoms. The van der Waals surface area contributed by atoms with Crippen molar-refractivity contribution in [3.05, 3.63) is 41.1 Å². The molecule has 1 aliphatic heterocycles. The highest BCUT2D eigenvalue weighted by Crippen LogP contribution is 2.21. The molecule has 1 aromatic carbocycles. The van der Waals surface area contributed by atoms with Gasteiger partial charge in [0, 0.05) is 11.3 Å². The van der Waals surface area contributed by atoms with E-state index in [1.54, 1.807) is 24.3 Å². The number of nitrogens with one attached hydrogen (secondary N) is 1. The van der Waals surface area contributed by atoms with Crippen molar-refractivity contribution in [3.63, 3.8) is 0 Å². The molecule has 0 aromatic heterocycles. The lowest BCUT2D eigenvalue weighted by Gasteiger charge is -2.03. The van der Waals surface area contributed by atoms with Gasteiger partial charge in [-0.2, -0.15) is 5.26 Å². The summed E-state index contributed by atoms with van der Waals surface area (Å²) in [5, 5.41) is 8.78. The van der Waals surface area contributed by atoms with Crippen LogP contribution in [0.4, 0.5) is 0 Å². The van der Waals surface area contributed by atoms with E-state index in [0.717, 1.165) is 0 Å². The standard InChI is InChI=1S/C15H14N4O5S/c1-9(17)11(6-16)12(20)8-24-14(21)7-18-15-10-4-2-3-5-13(10)25(22,23)19-15/h2-5H,7-8,17H2,1H3,(H,18,19)/b11-9+. The number of carbonyl (C=O) groups excluding carboxylic acids is 2. The van der Waals surface area contributed by atoms with Gasteiger partial charge in [0.25, 0.3) is 10.0 Å². The van der Waals surface area contributed by atoms with Gasteiger partial charge in [-0.1, -0.05) is 12.1 Å². The van der Waals surface area contributed by atoms with E-state index in [1.165, 1.54) is 13.0 Å². The van der Waals surface area contributed by atoms with Crippen molar-refractivity contribution in [2.24, 2.45) is 10.7 Å². The Morgan fingerprint density at radius 2 is 2.04 bits per heavy atom. The molecule has 1 aromatic rings. The number of ketones is 1. The maximum absolute atomic E-state index is 11.9. The van der Waals surface area contributed by atoms with Crippen LogP contribution in [-0.4, -0.2) is 39.2 Å². The third kappa shape index (κ3) is 4.02. The van der Waals surface area contributed by atoms with Crippen LogP contribution in [0.25, 0.3) is 0 Å². The van der Waals surface area contributed by atoms with E-state index in [1.807, 2.05) is 0 Å². The van der Waals surface area contributed by atoms with Gasteiger partial charge in [0.05, 0.1) is 4.90 Å². The van der Waals surface area contributed by atoms with Crippen LogP contribution in [0.5, 0.6) is 0 Å². The van der Waals surface area contributed by atoms with Crippen LogP contribution < -0.4 is 10.5 Å². The minimum absolute atomic E-state index is 0.0225. The highest BCUT2D eigenvalue weighted by molar-refractivity contribution is 7.90. The van der Waals surface area contributed by atoms with Crippen LogP contribution in [0, 0.1) is 11.3 Å². The number of rotatable bonds is 5. The number of allylic oxidation sites excluding steroid dienone is 1. The van der Waals surface area contributed by atoms with E-state index < -0.39 is 34.9 Å². The van der Waals surface area contributed by atoms with E-state index in [9.17, 15) is 18.0 Å². The Labute approximate surface area is 143 Å². The second kappa shape index (κ2) is 7.14. The number of hydrogen-bond donors (Lipinski definition) is 2. The van der Waals surface area contributed by atoms with Crippen molar-refractivity contribution < 1.29 is 22.7 Å². The van der Waals surface area contributed by atoms with Crippen LogP contribution in [0.2, 0.25) is 0 Å². The average molecular weight is 362 g/mol. The summed E-state index contributed by atoms with van der Waals surface area (Å²) in [6.07, 6.45) is 0. The van der Waals surface area contributed by atoms with Gasteiger partial charge in [-0.3, -0.25) is 19.3 Å². The summed E-state index contributed by atoms with van der Waals surface area (Å²) in [7, 11) is -3.70. The molecule has 1 aliphatic rings. The number of ether oxygens (including phenoxy) is 1. The van der Waals surface area contributed by atoms with Gasteiger partial charge >= 0.3 is 5.97 Å². The lowest BCUT2D eigenvalue weighted by atomic mass is 10.1. The number of amidine groups is 1. The summed E-state index contributed by atoms with van der Waals surface area (Å²) in [6.45, 7) is 0.240. The van der Waals surface area contributed by atoms with E-state index in [-0.39, 0.29) is 22.0 Å². The molecule has 0 fully saturated rings. The predicted octanol–water partition coefficient (Wildman–Crippen LogP) is -0.406. The number of benzene rings is 1. The Balaban J connectivity index is 2.02. The summed E-state index contributed by atoms with van der Waals surface area (Å²) in [5.74, 6) is -1.55.